The smallest absolute Gasteiger partial charge is 0.251 e. The fourth-order valence-corrected chi connectivity index (χ4v) is 4.21. The van der Waals surface area contributed by atoms with Crippen molar-refractivity contribution in [2.75, 3.05) is 32.1 Å². The molecule has 0 aliphatic carbocycles. The average molecular weight is 390 g/mol. The van der Waals surface area contributed by atoms with Gasteiger partial charge >= 0.3 is 0 Å². The lowest BCUT2D eigenvalue weighted by Gasteiger charge is -2.18. The van der Waals surface area contributed by atoms with Crippen LogP contribution < -0.4 is 10.2 Å². The van der Waals surface area contributed by atoms with Crippen LogP contribution in [0.5, 0.6) is 0 Å². The van der Waals surface area contributed by atoms with Crippen molar-refractivity contribution >= 4 is 21.6 Å². The molecule has 0 radical (unpaired) electrons. The van der Waals surface area contributed by atoms with Crippen LogP contribution in [0.25, 0.3) is 0 Å². The second-order valence-corrected chi connectivity index (χ2v) is 8.30. The first-order valence-corrected chi connectivity index (χ1v) is 10.4. The summed E-state index contributed by atoms with van der Waals surface area (Å²) >= 11 is 0. The minimum atomic E-state index is -3.59. The molecule has 0 aliphatic heterocycles. The van der Waals surface area contributed by atoms with Crippen molar-refractivity contribution < 1.29 is 13.2 Å². The van der Waals surface area contributed by atoms with E-state index in [-0.39, 0.29) is 10.8 Å². The van der Waals surface area contributed by atoms with Crippen molar-refractivity contribution in [1.29, 1.82) is 0 Å². The maximum atomic E-state index is 12.6. The molecule has 2 rings (SSSR count). The summed E-state index contributed by atoms with van der Waals surface area (Å²) < 4.78 is 26.6. The molecule has 0 aliphatic rings. The molecule has 0 atom stereocenters. The lowest BCUT2D eigenvalue weighted by molar-refractivity contribution is 0.0950. The van der Waals surface area contributed by atoms with E-state index in [1.165, 1.54) is 16.4 Å². The molecule has 1 N–H and O–H groups in total. The summed E-state index contributed by atoms with van der Waals surface area (Å²) in [5.74, 6) is -0.303. The monoisotopic (exact) mass is 389 g/mol. The molecule has 0 fully saturated rings. The third-order valence-corrected chi connectivity index (χ3v) is 6.39. The summed E-state index contributed by atoms with van der Waals surface area (Å²) in [6, 6.07) is 14.0. The molecule has 0 spiro atoms. The number of hydrogen-bond acceptors (Lipinski definition) is 4. The quantitative estimate of drug-likeness (QED) is 0.754. The molecule has 0 saturated heterocycles. The van der Waals surface area contributed by atoms with Crippen molar-refractivity contribution in [3.05, 3.63) is 59.7 Å². The van der Waals surface area contributed by atoms with Crippen molar-refractivity contribution in [3.8, 4) is 0 Å². The van der Waals surface area contributed by atoms with Crippen molar-refractivity contribution in [2.24, 2.45) is 0 Å². The Morgan fingerprint density at radius 3 is 2.19 bits per heavy atom. The van der Waals surface area contributed by atoms with E-state index in [9.17, 15) is 13.2 Å². The highest BCUT2D eigenvalue weighted by Crippen LogP contribution is 2.17. The van der Waals surface area contributed by atoms with E-state index in [4.69, 9.17) is 0 Å². The highest BCUT2D eigenvalue weighted by atomic mass is 32.2. The largest absolute Gasteiger partial charge is 0.378 e. The van der Waals surface area contributed by atoms with E-state index >= 15 is 0 Å². The molecule has 7 heteroatoms. The molecule has 27 heavy (non-hydrogen) atoms. The standard InChI is InChI=1S/C20H27N3O3S/c1-5-23(6-2)27(25,26)19-9-7-8-17(14-19)20(24)21-15-16-10-12-18(13-11-16)22(3)4/h7-14H,5-6,15H2,1-4H3,(H,21,24). The summed E-state index contributed by atoms with van der Waals surface area (Å²) in [6.45, 7) is 4.73. The van der Waals surface area contributed by atoms with E-state index in [0.29, 0.717) is 25.2 Å². The van der Waals surface area contributed by atoms with Crippen LogP contribution in [0.2, 0.25) is 0 Å². The van der Waals surface area contributed by atoms with E-state index in [0.717, 1.165) is 11.3 Å². The van der Waals surface area contributed by atoms with Gasteiger partial charge in [0.1, 0.15) is 0 Å². The van der Waals surface area contributed by atoms with Gasteiger partial charge in [-0.3, -0.25) is 4.79 Å². The highest BCUT2D eigenvalue weighted by Gasteiger charge is 2.22. The summed E-state index contributed by atoms with van der Waals surface area (Å²) in [4.78, 5) is 14.6. The summed E-state index contributed by atoms with van der Waals surface area (Å²) in [5.41, 5.74) is 2.38. The molecule has 0 unspecified atom stereocenters. The van der Waals surface area contributed by atoms with Crippen LogP contribution in [0.3, 0.4) is 0 Å². The predicted molar refractivity (Wildman–Crippen MR) is 108 cm³/mol. The van der Waals surface area contributed by atoms with E-state index in [1.807, 2.05) is 43.3 Å². The number of sulfonamides is 1. The Morgan fingerprint density at radius 1 is 1.00 bits per heavy atom. The van der Waals surface area contributed by atoms with Gasteiger partial charge in [-0.15, -0.1) is 0 Å². The topological polar surface area (TPSA) is 69.7 Å². The van der Waals surface area contributed by atoms with Crippen LogP contribution in [0.1, 0.15) is 29.8 Å². The van der Waals surface area contributed by atoms with Crippen molar-refractivity contribution in [2.45, 2.75) is 25.3 Å². The van der Waals surface area contributed by atoms with Gasteiger partial charge in [0, 0.05) is 45.0 Å². The zero-order chi connectivity index (χ0) is 20.0. The maximum Gasteiger partial charge on any atom is 0.251 e. The molecular weight excluding hydrogens is 362 g/mol. The first-order chi connectivity index (χ1) is 12.8. The van der Waals surface area contributed by atoms with Crippen LogP contribution in [-0.4, -0.2) is 45.8 Å². The molecule has 2 aromatic carbocycles. The van der Waals surface area contributed by atoms with Gasteiger partial charge < -0.3 is 10.2 Å². The van der Waals surface area contributed by atoms with Gasteiger partial charge in [0.25, 0.3) is 5.91 Å². The Bertz CT molecular complexity index is 874. The van der Waals surface area contributed by atoms with Gasteiger partial charge in [-0.05, 0) is 35.9 Å². The highest BCUT2D eigenvalue weighted by molar-refractivity contribution is 7.89. The number of amides is 1. The third-order valence-electron chi connectivity index (χ3n) is 4.35. The van der Waals surface area contributed by atoms with E-state index < -0.39 is 10.0 Å². The lowest BCUT2D eigenvalue weighted by Crippen LogP contribution is -2.31. The number of anilines is 1. The van der Waals surface area contributed by atoms with Gasteiger partial charge in [0.15, 0.2) is 0 Å². The first-order valence-electron chi connectivity index (χ1n) is 8.94. The Morgan fingerprint density at radius 2 is 1.63 bits per heavy atom. The number of nitrogens with one attached hydrogen (secondary N) is 1. The Balaban J connectivity index is 2.11. The average Bonchev–Trinajstić information content (AvgIpc) is 2.67. The minimum Gasteiger partial charge on any atom is -0.378 e. The Hall–Kier alpha value is -2.38. The molecule has 0 bridgehead atoms. The second-order valence-electron chi connectivity index (χ2n) is 6.36. The van der Waals surface area contributed by atoms with Gasteiger partial charge in [-0.2, -0.15) is 4.31 Å². The molecule has 2 aromatic rings. The fourth-order valence-electron chi connectivity index (χ4n) is 2.71. The van der Waals surface area contributed by atoms with E-state index in [1.54, 1.807) is 26.0 Å². The molecule has 0 saturated carbocycles. The second kappa shape index (κ2) is 9.01. The number of nitrogens with zero attached hydrogens (tertiary/aromatic N) is 2. The minimum absolute atomic E-state index is 0.134. The maximum absolute atomic E-state index is 12.6. The van der Waals surface area contributed by atoms with Crippen molar-refractivity contribution in [1.82, 2.24) is 9.62 Å². The van der Waals surface area contributed by atoms with Gasteiger partial charge in [0.05, 0.1) is 4.90 Å². The van der Waals surface area contributed by atoms with Gasteiger partial charge in [0.2, 0.25) is 10.0 Å². The Labute approximate surface area is 161 Å². The van der Waals surface area contributed by atoms with E-state index in [2.05, 4.69) is 5.32 Å². The van der Waals surface area contributed by atoms with Gasteiger partial charge in [-0.1, -0.05) is 32.0 Å². The van der Waals surface area contributed by atoms with Crippen LogP contribution in [0, 0.1) is 0 Å². The lowest BCUT2D eigenvalue weighted by atomic mass is 10.1. The predicted octanol–water partition coefficient (Wildman–Crippen LogP) is 2.71. The van der Waals surface area contributed by atoms with Crippen LogP contribution >= 0.6 is 0 Å². The molecule has 6 nitrogen and oxygen atoms in total. The fraction of sp³-hybridized carbons (Fsp3) is 0.350. The molecule has 0 heterocycles. The van der Waals surface area contributed by atoms with Crippen LogP contribution in [0.4, 0.5) is 5.69 Å². The number of hydrogen-bond donors (Lipinski definition) is 1. The number of rotatable bonds is 8. The molecule has 1 amide bonds. The Kier molecular flexibility index (Phi) is 6.98. The van der Waals surface area contributed by atoms with Crippen LogP contribution in [0.15, 0.2) is 53.4 Å². The normalized spacial score (nSPS) is 11.4. The summed E-state index contributed by atoms with van der Waals surface area (Å²) in [6.07, 6.45) is 0. The summed E-state index contributed by atoms with van der Waals surface area (Å²) in [7, 11) is 0.348. The first kappa shape index (κ1) is 20.9. The SMILES string of the molecule is CCN(CC)S(=O)(=O)c1cccc(C(=O)NCc2ccc(N(C)C)cc2)c1. The zero-order valence-corrected chi connectivity index (χ0v) is 17.1. The van der Waals surface area contributed by atoms with Gasteiger partial charge in [-0.25, -0.2) is 8.42 Å². The summed E-state index contributed by atoms with van der Waals surface area (Å²) in [5, 5.41) is 2.84. The number of benzene rings is 2. The van der Waals surface area contributed by atoms with Crippen LogP contribution in [-0.2, 0) is 16.6 Å². The molecule has 146 valence electrons. The third kappa shape index (κ3) is 5.08. The molecular formula is C20H27N3O3S. The number of carbonyl (C=O) groups excluding carboxylic acids is 1. The number of carbonyl (C=O) groups is 1. The molecule has 0 aromatic heterocycles. The zero-order valence-electron chi connectivity index (χ0n) is 16.3. The van der Waals surface area contributed by atoms with Crippen molar-refractivity contribution in [3.63, 3.8) is 0 Å².